The minimum atomic E-state index is -1.76. The minimum absolute atomic E-state index is 0.110. The molecule has 0 radical (unpaired) electrons. The lowest BCUT2D eigenvalue weighted by atomic mass is 9.78. The van der Waals surface area contributed by atoms with Crippen LogP contribution in [0.2, 0.25) is 0 Å². The molecule has 0 aromatic heterocycles. The Morgan fingerprint density at radius 2 is 1.57 bits per heavy atom. The molecule has 0 bridgehead atoms. The van der Waals surface area contributed by atoms with E-state index in [1.54, 1.807) is 6.07 Å². The molecule has 2 unspecified atom stereocenters. The standard InChI is InChI=1S/C18H28O5/c1-17(2,3)10-8-11(14(20)15(21)16(22)23-7)13(19)12(9-10)18(4,5)6/h8-9,14-15,19-21H,1-7H3. The topological polar surface area (TPSA) is 87.0 Å². The quantitative estimate of drug-likeness (QED) is 0.744. The van der Waals surface area contributed by atoms with Crippen molar-refractivity contribution in [1.29, 1.82) is 0 Å². The maximum absolute atomic E-state index is 11.5. The number of aromatic hydroxyl groups is 1. The van der Waals surface area contributed by atoms with Gasteiger partial charge in [0.1, 0.15) is 11.9 Å². The maximum Gasteiger partial charge on any atom is 0.337 e. The fourth-order valence-electron chi connectivity index (χ4n) is 2.31. The molecule has 0 saturated carbocycles. The van der Waals surface area contributed by atoms with Crippen molar-refractivity contribution < 1.29 is 24.9 Å². The second-order valence-corrected chi connectivity index (χ2v) is 7.87. The van der Waals surface area contributed by atoms with Crippen LogP contribution in [0.1, 0.15) is 64.3 Å². The van der Waals surface area contributed by atoms with Gasteiger partial charge in [0, 0.05) is 5.56 Å². The van der Waals surface area contributed by atoms with Crippen LogP contribution in [0.25, 0.3) is 0 Å². The first-order valence-corrected chi connectivity index (χ1v) is 7.62. The van der Waals surface area contributed by atoms with Crippen molar-refractivity contribution in [2.24, 2.45) is 0 Å². The number of carbonyl (C=O) groups excluding carboxylic acids is 1. The number of benzene rings is 1. The smallest absolute Gasteiger partial charge is 0.337 e. The van der Waals surface area contributed by atoms with Gasteiger partial charge in [-0.2, -0.15) is 0 Å². The second-order valence-electron chi connectivity index (χ2n) is 7.87. The summed E-state index contributed by atoms with van der Waals surface area (Å²) in [6, 6.07) is 3.53. The summed E-state index contributed by atoms with van der Waals surface area (Å²) in [6.45, 7) is 11.9. The summed E-state index contributed by atoms with van der Waals surface area (Å²) in [7, 11) is 1.13. The lowest BCUT2D eigenvalue weighted by Crippen LogP contribution is -2.30. The Kier molecular flexibility index (Phi) is 5.49. The van der Waals surface area contributed by atoms with Gasteiger partial charge < -0.3 is 20.1 Å². The van der Waals surface area contributed by atoms with Crippen LogP contribution in [0.15, 0.2) is 12.1 Å². The largest absolute Gasteiger partial charge is 0.507 e. The minimum Gasteiger partial charge on any atom is -0.507 e. The van der Waals surface area contributed by atoms with E-state index in [-0.39, 0.29) is 22.1 Å². The van der Waals surface area contributed by atoms with Gasteiger partial charge in [0.05, 0.1) is 7.11 Å². The van der Waals surface area contributed by atoms with Crippen molar-refractivity contribution >= 4 is 5.97 Å². The van der Waals surface area contributed by atoms with Gasteiger partial charge in [-0.1, -0.05) is 47.6 Å². The molecule has 0 aliphatic rings. The van der Waals surface area contributed by atoms with E-state index in [2.05, 4.69) is 4.74 Å². The lowest BCUT2D eigenvalue weighted by Gasteiger charge is -2.29. The number of methoxy groups -OCH3 is 1. The van der Waals surface area contributed by atoms with Gasteiger partial charge in [0.15, 0.2) is 6.10 Å². The molecule has 0 heterocycles. The molecular formula is C18H28O5. The van der Waals surface area contributed by atoms with Gasteiger partial charge in [-0.25, -0.2) is 4.79 Å². The molecule has 0 saturated heterocycles. The van der Waals surface area contributed by atoms with Crippen molar-refractivity contribution in [1.82, 2.24) is 0 Å². The van der Waals surface area contributed by atoms with Crippen molar-refractivity contribution in [3.8, 4) is 5.75 Å². The van der Waals surface area contributed by atoms with E-state index in [4.69, 9.17) is 0 Å². The van der Waals surface area contributed by atoms with Crippen LogP contribution in [0, 0.1) is 0 Å². The summed E-state index contributed by atoms with van der Waals surface area (Å²) < 4.78 is 4.46. The SMILES string of the molecule is COC(=O)C(O)C(O)c1cc(C(C)(C)C)cc(C(C)(C)C)c1O. The molecule has 130 valence electrons. The highest BCUT2D eigenvalue weighted by atomic mass is 16.5. The normalized spacial score (nSPS) is 15.2. The maximum atomic E-state index is 11.5. The summed E-state index contributed by atoms with van der Waals surface area (Å²) in [4.78, 5) is 11.5. The molecule has 5 heteroatoms. The monoisotopic (exact) mass is 324 g/mol. The van der Waals surface area contributed by atoms with E-state index in [1.165, 1.54) is 0 Å². The number of rotatable bonds is 3. The van der Waals surface area contributed by atoms with Crippen molar-refractivity contribution in [3.05, 3.63) is 28.8 Å². The Morgan fingerprint density at radius 3 is 1.96 bits per heavy atom. The zero-order valence-electron chi connectivity index (χ0n) is 15.0. The Hall–Kier alpha value is -1.59. The number of hydrogen-bond donors (Lipinski definition) is 3. The third kappa shape index (κ3) is 4.24. The van der Waals surface area contributed by atoms with Gasteiger partial charge in [0.2, 0.25) is 0 Å². The van der Waals surface area contributed by atoms with Crippen LogP contribution in [-0.2, 0) is 20.4 Å². The number of ether oxygens (including phenoxy) is 1. The molecule has 0 aliphatic heterocycles. The van der Waals surface area contributed by atoms with E-state index >= 15 is 0 Å². The molecule has 1 aromatic rings. The number of esters is 1. The summed E-state index contributed by atoms with van der Waals surface area (Å²) in [5.74, 6) is -1.06. The van der Waals surface area contributed by atoms with E-state index in [9.17, 15) is 20.1 Å². The van der Waals surface area contributed by atoms with E-state index in [1.807, 2.05) is 47.6 Å². The van der Waals surface area contributed by atoms with E-state index < -0.39 is 18.2 Å². The Labute approximate surface area is 137 Å². The average Bonchev–Trinajstić information content (AvgIpc) is 2.42. The highest BCUT2D eigenvalue weighted by molar-refractivity contribution is 5.75. The molecule has 0 aliphatic carbocycles. The molecule has 23 heavy (non-hydrogen) atoms. The highest BCUT2D eigenvalue weighted by Gasteiger charge is 2.32. The number of aliphatic hydroxyl groups excluding tert-OH is 2. The third-order valence-corrected chi connectivity index (χ3v) is 3.87. The van der Waals surface area contributed by atoms with E-state index in [0.717, 1.165) is 12.7 Å². The molecule has 1 aromatic carbocycles. The van der Waals surface area contributed by atoms with Crippen LogP contribution in [-0.4, -0.2) is 34.5 Å². The molecule has 0 spiro atoms. The summed E-state index contributed by atoms with van der Waals surface area (Å²) >= 11 is 0. The van der Waals surface area contributed by atoms with Gasteiger partial charge in [-0.15, -0.1) is 0 Å². The Bertz CT molecular complexity index is 578. The number of hydrogen-bond acceptors (Lipinski definition) is 5. The fourth-order valence-corrected chi connectivity index (χ4v) is 2.31. The third-order valence-electron chi connectivity index (χ3n) is 3.87. The van der Waals surface area contributed by atoms with Crippen LogP contribution in [0.5, 0.6) is 5.75 Å². The number of phenols is 1. The van der Waals surface area contributed by atoms with Gasteiger partial charge in [0.25, 0.3) is 0 Å². The predicted octanol–water partition coefficient (Wildman–Crippen LogP) is 2.55. The zero-order valence-corrected chi connectivity index (χ0v) is 15.0. The van der Waals surface area contributed by atoms with Crippen LogP contribution in [0.4, 0.5) is 0 Å². The van der Waals surface area contributed by atoms with Crippen LogP contribution >= 0.6 is 0 Å². The summed E-state index contributed by atoms with van der Waals surface area (Å²) in [5.41, 5.74) is 1.08. The van der Waals surface area contributed by atoms with Crippen LogP contribution < -0.4 is 0 Å². The molecule has 2 atom stereocenters. The van der Waals surface area contributed by atoms with Gasteiger partial charge in [-0.3, -0.25) is 0 Å². The number of phenolic OH excluding ortho intramolecular Hbond substituents is 1. The first-order valence-electron chi connectivity index (χ1n) is 7.62. The average molecular weight is 324 g/mol. The molecule has 1 rings (SSSR count). The highest BCUT2D eigenvalue weighted by Crippen LogP contribution is 2.40. The predicted molar refractivity (Wildman–Crippen MR) is 88.5 cm³/mol. The van der Waals surface area contributed by atoms with Crippen molar-refractivity contribution in [2.45, 2.75) is 64.6 Å². The molecule has 0 amide bonds. The molecular weight excluding hydrogens is 296 g/mol. The number of aliphatic hydroxyl groups is 2. The lowest BCUT2D eigenvalue weighted by molar-refractivity contribution is -0.156. The van der Waals surface area contributed by atoms with Crippen molar-refractivity contribution in [3.63, 3.8) is 0 Å². The molecule has 0 fully saturated rings. The second kappa shape index (κ2) is 6.49. The summed E-state index contributed by atoms with van der Waals surface area (Å²) in [6.07, 6.45) is -3.32. The first-order chi connectivity index (χ1) is 10.3. The van der Waals surface area contributed by atoms with Crippen LogP contribution in [0.3, 0.4) is 0 Å². The van der Waals surface area contributed by atoms with Gasteiger partial charge in [-0.05, 0) is 28.0 Å². The summed E-state index contributed by atoms with van der Waals surface area (Å²) in [5, 5.41) is 30.8. The first kappa shape index (κ1) is 19.5. The number of carbonyl (C=O) groups is 1. The van der Waals surface area contributed by atoms with Gasteiger partial charge >= 0.3 is 5.97 Å². The van der Waals surface area contributed by atoms with E-state index in [0.29, 0.717) is 5.56 Å². The molecule has 3 N–H and O–H groups in total. The van der Waals surface area contributed by atoms with Crippen molar-refractivity contribution in [2.75, 3.05) is 7.11 Å². The fraction of sp³-hybridized carbons (Fsp3) is 0.611. The zero-order chi connectivity index (χ0) is 18.2. The molecule has 5 nitrogen and oxygen atoms in total. The Morgan fingerprint density at radius 1 is 1.04 bits per heavy atom. The Balaban J connectivity index is 3.56.